The Bertz CT molecular complexity index is 1500. The third-order valence-corrected chi connectivity index (χ3v) is 9.55. The van der Waals surface area contributed by atoms with Crippen molar-refractivity contribution in [3.63, 3.8) is 0 Å². The smallest absolute Gasteiger partial charge is 0.264 e. The average Bonchev–Trinajstić information content (AvgIpc) is 2.92. The Labute approximate surface area is 261 Å². The SMILES string of the molecule is CCCCNC(=O)[C@H](C)N(Cc1ccc(Cl)cc1Cl)C(=O)CN(c1ccc(Cl)c(Cl)c1)S(=O)(=O)c1ccc(C)cc1. The van der Waals surface area contributed by atoms with Gasteiger partial charge < -0.3 is 10.2 Å². The average molecular weight is 659 g/mol. The molecule has 41 heavy (non-hydrogen) atoms. The zero-order chi connectivity index (χ0) is 30.3. The summed E-state index contributed by atoms with van der Waals surface area (Å²) in [6.45, 7) is 5.19. The Hall–Kier alpha value is -2.49. The van der Waals surface area contributed by atoms with Crippen LogP contribution < -0.4 is 9.62 Å². The molecule has 0 fully saturated rings. The van der Waals surface area contributed by atoms with Crippen LogP contribution in [0.5, 0.6) is 0 Å². The molecule has 0 saturated heterocycles. The largest absolute Gasteiger partial charge is 0.354 e. The van der Waals surface area contributed by atoms with Crippen LogP contribution in [0.25, 0.3) is 0 Å². The topological polar surface area (TPSA) is 86.8 Å². The van der Waals surface area contributed by atoms with E-state index in [9.17, 15) is 18.0 Å². The summed E-state index contributed by atoms with van der Waals surface area (Å²) < 4.78 is 28.7. The van der Waals surface area contributed by atoms with Gasteiger partial charge in [-0.05, 0) is 68.3 Å². The maximum absolute atomic E-state index is 14.0. The van der Waals surface area contributed by atoms with Crippen LogP contribution in [-0.4, -0.2) is 44.3 Å². The second-order valence-electron chi connectivity index (χ2n) is 9.50. The Kier molecular flexibility index (Phi) is 11.8. The zero-order valence-corrected chi connectivity index (χ0v) is 26.7. The zero-order valence-electron chi connectivity index (χ0n) is 22.8. The van der Waals surface area contributed by atoms with E-state index in [1.807, 2.05) is 13.8 Å². The maximum atomic E-state index is 14.0. The van der Waals surface area contributed by atoms with Crippen molar-refractivity contribution >= 4 is 73.9 Å². The summed E-state index contributed by atoms with van der Waals surface area (Å²) in [5, 5.41) is 3.91. The van der Waals surface area contributed by atoms with Gasteiger partial charge in [0.25, 0.3) is 10.0 Å². The first-order valence-electron chi connectivity index (χ1n) is 12.9. The van der Waals surface area contributed by atoms with Crippen molar-refractivity contribution in [3.8, 4) is 0 Å². The quantitative estimate of drug-likeness (QED) is 0.210. The van der Waals surface area contributed by atoms with E-state index in [1.54, 1.807) is 31.2 Å². The van der Waals surface area contributed by atoms with E-state index in [-0.39, 0.29) is 33.1 Å². The van der Waals surface area contributed by atoms with Gasteiger partial charge >= 0.3 is 0 Å². The van der Waals surface area contributed by atoms with Crippen LogP contribution in [0.3, 0.4) is 0 Å². The highest BCUT2D eigenvalue weighted by molar-refractivity contribution is 7.92. The molecule has 0 spiro atoms. The molecule has 0 radical (unpaired) electrons. The summed E-state index contributed by atoms with van der Waals surface area (Å²) in [4.78, 5) is 28.3. The van der Waals surface area contributed by atoms with Crippen LogP contribution in [0.4, 0.5) is 5.69 Å². The molecule has 12 heteroatoms. The van der Waals surface area contributed by atoms with Crippen molar-refractivity contribution in [1.29, 1.82) is 0 Å². The summed E-state index contributed by atoms with van der Waals surface area (Å²) in [5.41, 5.74) is 1.55. The summed E-state index contributed by atoms with van der Waals surface area (Å²) in [6, 6.07) is 14.4. The van der Waals surface area contributed by atoms with Gasteiger partial charge in [0.1, 0.15) is 12.6 Å². The number of unbranched alkanes of at least 4 members (excludes halogenated alkanes) is 1. The molecule has 0 heterocycles. The molecule has 0 bridgehead atoms. The molecule has 3 aromatic carbocycles. The number of nitrogens with zero attached hydrogens (tertiary/aromatic N) is 2. The molecule has 7 nitrogen and oxygen atoms in total. The Morgan fingerprint density at radius 3 is 2.20 bits per heavy atom. The number of aryl methyl sites for hydroxylation is 1. The molecule has 2 amide bonds. The standard InChI is InChI=1S/C29H31Cl4N3O4S/c1-4-5-14-34-29(38)20(3)35(17-21-8-9-22(30)15-26(21)32)28(37)18-36(23-10-13-25(31)27(33)16-23)41(39,40)24-11-6-19(2)7-12-24/h6-13,15-16,20H,4-5,14,17-18H2,1-3H3,(H,34,38)/t20-/m0/s1. The van der Waals surface area contributed by atoms with Crippen LogP contribution in [0.15, 0.2) is 65.6 Å². The fourth-order valence-electron chi connectivity index (χ4n) is 3.96. The lowest BCUT2D eigenvalue weighted by molar-refractivity contribution is -0.139. The molecule has 3 rings (SSSR count). The predicted octanol–water partition coefficient (Wildman–Crippen LogP) is 7.14. The molecular formula is C29H31Cl4N3O4S. The highest BCUT2D eigenvalue weighted by Gasteiger charge is 2.33. The fourth-order valence-corrected chi connectivity index (χ4v) is 6.13. The lowest BCUT2D eigenvalue weighted by Gasteiger charge is -2.32. The Balaban J connectivity index is 2.05. The molecule has 0 aliphatic heterocycles. The summed E-state index contributed by atoms with van der Waals surface area (Å²) >= 11 is 24.8. The van der Waals surface area contributed by atoms with Gasteiger partial charge in [-0.3, -0.25) is 13.9 Å². The van der Waals surface area contributed by atoms with Gasteiger partial charge in [-0.15, -0.1) is 0 Å². The third-order valence-electron chi connectivity index (χ3n) is 6.43. The summed E-state index contributed by atoms with van der Waals surface area (Å²) in [6.07, 6.45) is 1.66. The van der Waals surface area contributed by atoms with E-state index in [0.29, 0.717) is 22.2 Å². The van der Waals surface area contributed by atoms with Gasteiger partial charge in [0.2, 0.25) is 11.8 Å². The first-order chi connectivity index (χ1) is 19.3. The normalized spacial score (nSPS) is 12.1. The number of sulfonamides is 1. The lowest BCUT2D eigenvalue weighted by Crippen LogP contribution is -2.51. The first kappa shape index (κ1) is 33.0. The summed E-state index contributed by atoms with van der Waals surface area (Å²) in [5.74, 6) is -1.00. The second kappa shape index (κ2) is 14.6. The van der Waals surface area contributed by atoms with E-state index in [2.05, 4.69) is 5.32 Å². The molecule has 0 aliphatic rings. The van der Waals surface area contributed by atoms with Crippen molar-refractivity contribution in [2.75, 3.05) is 17.4 Å². The number of amides is 2. The maximum Gasteiger partial charge on any atom is 0.264 e. The molecule has 0 aliphatic carbocycles. The minimum absolute atomic E-state index is 0.0142. The number of hydrogen-bond donors (Lipinski definition) is 1. The van der Waals surface area contributed by atoms with Crippen LogP contribution in [-0.2, 0) is 26.2 Å². The molecule has 1 atom stereocenters. The van der Waals surface area contributed by atoms with Gasteiger partial charge in [-0.1, -0.05) is 83.5 Å². The monoisotopic (exact) mass is 657 g/mol. The minimum atomic E-state index is -4.24. The van der Waals surface area contributed by atoms with E-state index >= 15 is 0 Å². The van der Waals surface area contributed by atoms with E-state index in [1.165, 1.54) is 41.3 Å². The number of hydrogen-bond acceptors (Lipinski definition) is 4. The second-order valence-corrected chi connectivity index (χ2v) is 13.0. The minimum Gasteiger partial charge on any atom is -0.354 e. The van der Waals surface area contributed by atoms with Crippen LogP contribution in [0.1, 0.15) is 37.8 Å². The summed E-state index contributed by atoms with van der Waals surface area (Å²) in [7, 11) is -4.24. The lowest BCUT2D eigenvalue weighted by atomic mass is 10.1. The molecular weight excluding hydrogens is 628 g/mol. The van der Waals surface area contributed by atoms with Crippen LogP contribution >= 0.6 is 46.4 Å². The van der Waals surface area contributed by atoms with Crippen LogP contribution in [0.2, 0.25) is 20.1 Å². The van der Waals surface area contributed by atoms with Crippen molar-refractivity contribution in [1.82, 2.24) is 10.2 Å². The van der Waals surface area contributed by atoms with E-state index in [4.69, 9.17) is 46.4 Å². The first-order valence-corrected chi connectivity index (χ1v) is 15.9. The number of halogens is 4. The van der Waals surface area contributed by atoms with Crippen molar-refractivity contribution in [3.05, 3.63) is 91.9 Å². The highest BCUT2D eigenvalue weighted by atomic mass is 35.5. The third kappa shape index (κ3) is 8.52. The molecule has 220 valence electrons. The van der Waals surface area contributed by atoms with E-state index in [0.717, 1.165) is 22.7 Å². The van der Waals surface area contributed by atoms with Gasteiger partial charge in [0, 0.05) is 23.1 Å². The number of anilines is 1. The Morgan fingerprint density at radius 2 is 1.59 bits per heavy atom. The number of carbonyl (C=O) groups excluding carboxylic acids is 2. The highest BCUT2D eigenvalue weighted by Crippen LogP contribution is 2.31. The van der Waals surface area contributed by atoms with E-state index < -0.39 is 28.5 Å². The Morgan fingerprint density at radius 1 is 0.902 bits per heavy atom. The van der Waals surface area contributed by atoms with Gasteiger partial charge in [0.05, 0.1) is 20.6 Å². The molecule has 0 unspecified atom stereocenters. The number of carbonyl (C=O) groups is 2. The molecule has 0 saturated carbocycles. The van der Waals surface area contributed by atoms with Gasteiger partial charge in [0.15, 0.2) is 0 Å². The van der Waals surface area contributed by atoms with Crippen LogP contribution in [0, 0.1) is 6.92 Å². The molecule has 0 aromatic heterocycles. The van der Waals surface area contributed by atoms with Gasteiger partial charge in [-0.2, -0.15) is 0 Å². The van der Waals surface area contributed by atoms with Crippen molar-refractivity contribution < 1.29 is 18.0 Å². The predicted molar refractivity (Wildman–Crippen MR) is 167 cm³/mol. The van der Waals surface area contributed by atoms with Crippen molar-refractivity contribution in [2.24, 2.45) is 0 Å². The fraction of sp³-hybridized carbons (Fsp3) is 0.310. The van der Waals surface area contributed by atoms with Crippen molar-refractivity contribution in [2.45, 2.75) is 51.1 Å². The number of rotatable bonds is 12. The molecule has 1 N–H and O–H groups in total. The van der Waals surface area contributed by atoms with Gasteiger partial charge in [-0.25, -0.2) is 8.42 Å². The number of nitrogens with one attached hydrogen (secondary N) is 1. The number of benzene rings is 3. The molecule has 3 aromatic rings.